The normalized spacial score (nSPS) is 11.9. The van der Waals surface area contributed by atoms with E-state index in [0.717, 1.165) is 105 Å². The molecule has 0 radical (unpaired) electrons. The highest BCUT2D eigenvalue weighted by atomic mass is 16.3. The van der Waals surface area contributed by atoms with Crippen LogP contribution in [0, 0.1) is 0 Å². The molecule has 0 N–H and O–H groups in total. The number of furan rings is 3. The Morgan fingerprint density at radius 2 is 0.754 bits per heavy atom. The van der Waals surface area contributed by atoms with Gasteiger partial charge in [0.1, 0.15) is 33.5 Å². The van der Waals surface area contributed by atoms with Crippen LogP contribution in [-0.4, -0.2) is 15.0 Å². The third kappa shape index (κ3) is 5.15. The maximum atomic E-state index is 6.62. The Morgan fingerprint density at radius 1 is 0.263 bits per heavy atom. The van der Waals surface area contributed by atoms with Crippen LogP contribution < -0.4 is 0 Å². The Bertz CT molecular complexity index is 3520. The first-order valence-corrected chi connectivity index (χ1v) is 18.9. The van der Waals surface area contributed by atoms with Gasteiger partial charge in [0.25, 0.3) is 0 Å². The van der Waals surface area contributed by atoms with E-state index >= 15 is 0 Å². The SMILES string of the molecule is c1ccc(-c2cccc3c2oc2cc(-c4nc(-c5ccc(-c6ccc7oc8ccccc8c7c6)cc5)nc(-c5ccc6c(c5)oc5ccccc56)n4)ccc23)cc1. The van der Waals surface area contributed by atoms with Gasteiger partial charge in [-0.3, -0.25) is 0 Å². The summed E-state index contributed by atoms with van der Waals surface area (Å²) in [5.41, 5.74) is 11.9. The van der Waals surface area contributed by atoms with E-state index in [9.17, 15) is 0 Å². The summed E-state index contributed by atoms with van der Waals surface area (Å²) < 4.78 is 19.0. The number of rotatable bonds is 5. The average molecular weight is 732 g/mol. The summed E-state index contributed by atoms with van der Waals surface area (Å²) in [6.07, 6.45) is 0. The van der Waals surface area contributed by atoms with Gasteiger partial charge < -0.3 is 13.3 Å². The number of benzene rings is 8. The molecule has 6 heteroatoms. The lowest BCUT2D eigenvalue weighted by Crippen LogP contribution is -2.00. The van der Waals surface area contributed by atoms with Crippen LogP contribution in [0.4, 0.5) is 0 Å². The Hall–Kier alpha value is -7.83. The summed E-state index contributed by atoms with van der Waals surface area (Å²) in [5.74, 6) is 1.67. The molecule has 57 heavy (non-hydrogen) atoms. The molecule has 12 rings (SSSR count). The summed E-state index contributed by atoms with van der Waals surface area (Å²) in [4.78, 5) is 15.3. The first-order valence-electron chi connectivity index (χ1n) is 18.9. The van der Waals surface area contributed by atoms with Gasteiger partial charge in [-0.25, -0.2) is 15.0 Å². The van der Waals surface area contributed by atoms with E-state index in [1.165, 1.54) is 0 Å². The maximum Gasteiger partial charge on any atom is 0.164 e. The Kier molecular flexibility index (Phi) is 6.83. The van der Waals surface area contributed by atoms with Gasteiger partial charge in [0, 0.05) is 54.6 Å². The van der Waals surface area contributed by atoms with Crippen LogP contribution in [0.3, 0.4) is 0 Å². The molecule has 12 aromatic rings. The second-order valence-electron chi connectivity index (χ2n) is 14.4. The van der Waals surface area contributed by atoms with E-state index < -0.39 is 0 Å². The third-order valence-corrected chi connectivity index (χ3v) is 11.0. The molecule has 4 aromatic heterocycles. The van der Waals surface area contributed by atoms with Crippen LogP contribution in [0.1, 0.15) is 0 Å². The van der Waals surface area contributed by atoms with Crippen molar-refractivity contribution in [2.75, 3.05) is 0 Å². The van der Waals surface area contributed by atoms with Gasteiger partial charge in [-0.05, 0) is 65.2 Å². The molecule has 0 aliphatic heterocycles. The molecule has 0 bridgehead atoms. The molecule has 266 valence electrons. The molecule has 0 aliphatic carbocycles. The van der Waals surface area contributed by atoms with Gasteiger partial charge >= 0.3 is 0 Å². The van der Waals surface area contributed by atoms with Gasteiger partial charge in [0.15, 0.2) is 17.5 Å². The van der Waals surface area contributed by atoms with Crippen molar-refractivity contribution < 1.29 is 13.3 Å². The third-order valence-electron chi connectivity index (χ3n) is 11.0. The quantitative estimate of drug-likeness (QED) is 0.175. The topological polar surface area (TPSA) is 78.1 Å². The predicted octanol–water partition coefficient (Wildman–Crippen LogP) is 13.9. The lowest BCUT2D eigenvalue weighted by atomic mass is 10.0. The van der Waals surface area contributed by atoms with E-state index in [1.807, 2.05) is 72.8 Å². The smallest absolute Gasteiger partial charge is 0.164 e. The van der Waals surface area contributed by atoms with Crippen molar-refractivity contribution in [2.45, 2.75) is 0 Å². The molecule has 8 aromatic carbocycles. The van der Waals surface area contributed by atoms with Crippen LogP contribution in [0.5, 0.6) is 0 Å². The number of hydrogen-bond donors (Lipinski definition) is 0. The molecule has 0 spiro atoms. The van der Waals surface area contributed by atoms with Gasteiger partial charge in [-0.1, -0.05) is 127 Å². The zero-order valence-electron chi connectivity index (χ0n) is 30.3. The van der Waals surface area contributed by atoms with Crippen molar-refractivity contribution in [2.24, 2.45) is 0 Å². The summed E-state index contributed by atoms with van der Waals surface area (Å²) in [6, 6.07) is 60.0. The van der Waals surface area contributed by atoms with Crippen molar-refractivity contribution in [3.05, 3.63) is 176 Å². The number of hydrogen-bond acceptors (Lipinski definition) is 6. The van der Waals surface area contributed by atoms with E-state index in [0.29, 0.717) is 17.5 Å². The van der Waals surface area contributed by atoms with E-state index in [-0.39, 0.29) is 0 Å². The lowest BCUT2D eigenvalue weighted by molar-refractivity contribution is 0.668. The van der Waals surface area contributed by atoms with Crippen LogP contribution in [0.2, 0.25) is 0 Å². The highest BCUT2D eigenvalue weighted by Crippen LogP contribution is 2.39. The Balaban J connectivity index is 0.988. The predicted molar refractivity (Wildman–Crippen MR) is 229 cm³/mol. The summed E-state index contributed by atoms with van der Waals surface area (Å²) in [5, 5.41) is 6.42. The Morgan fingerprint density at radius 3 is 1.47 bits per heavy atom. The summed E-state index contributed by atoms with van der Waals surface area (Å²) >= 11 is 0. The van der Waals surface area contributed by atoms with Crippen molar-refractivity contribution in [3.8, 4) is 56.4 Å². The Labute approximate surface area is 325 Å². The second kappa shape index (κ2) is 12.3. The average Bonchev–Trinajstić information content (AvgIpc) is 3.97. The van der Waals surface area contributed by atoms with Gasteiger partial charge in [-0.2, -0.15) is 0 Å². The van der Waals surface area contributed by atoms with E-state index in [2.05, 4.69) is 103 Å². The molecule has 0 amide bonds. The minimum atomic E-state index is 0.548. The summed E-state index contributed by atoms with van der Waals surface area (Å²) in [6.45, 7) is 0. The first kappa shape index (κ1) is 31.5. The molecule has 0 unspecified atom stereocenters. The number of para-hydroxylation sites is 3. The van der Waals surface area contributed by atoms with E-state index in [4.69, 9.17) is 28.2 Å². The van der Waals surface area contributed by atoms with Crippen LogP contribution in [0.15, 0.2) is 189 Å². The zero-order chi connectivity index (χ0) is 37.5. The molecule has 0 saturated carbocycles. The van der Waals surface area contributed by atoms with Crippen molar-refractivity contribution in [1.82, 2.24) is 15.0 Å². The highest BCUT2D eigenvalue weighted by Gasteiger charge is 2.18. The first-order chi connectivity index (χ1) is 28.2. The second-order valence-corrected chi connectivity index (χ2v) is 14.4. The maximum absolute atomic E-state index is 6.62. The van der Waals surface area contributed by atoms with E-state index in [1.54, 1.807) is 0 Å². The fourth-order valence-electron chi connectivity index (χ4n) is 8.13. The molecular formula is C51H29N3O3. The lowest BCUT2D eigenvalue weighted by Gasteiger charge is -2.09. The highest BCUT2D eigenvalue weighted by molar-refractivity contribution is 6.10. The fourth-order valence-corrected chi connectivity index (χ4v) is 8.13. The van der Waals surface area contributed by atoms with Crippen molar-refractivity contribution >= 4 is 65.8 Å². The number of nitrogens with zero attached hydrogens (tertiary/aromatic N) is 3. The molecule has 4 heterocycles. The molecule has 0 fully saturated rings. The minimum Gasteiger partial charge on any atom is -0.456 e. The molecule has 6 nitrogen and oxygen atoms in total. The molecule has 0 atom stereocenters. The van der Waals surface area contributed by atoms with Crippen LogP contribution in [-0.2, 0) is 0 Å². The van der Waals surface area contributed by atoms with Crippen LogP contribution >= 0.6 is 0 Å². The minimum absolute atomic E-state index is 0.548. The van der Waals surface area contributed by atoms with Gasteiger partial charge in [0.05, 0.1) is 0 Å². The number of fused-ring (bicyclic) bond motifs is 9. The monoisotopic (exact) mass is 731 g/mol. The standard InChI is InChI=1S/C51H29N3O3/c1-2-9-31(10-3-1)36-13-8-14-41-40-25-22-35(29-47(40)57-48(36)41)51-53-49(52-50(54-51)34-21-24-39-37-11-4-6-15-43(37)56-46(39)28-34)32-19-17-30(18-20-32)33-23-26-45-42(27-33)38-12-5-7-16-44(38)55-45/h1-29H. The molecule has 0 aliphatic rings. The van der Waals surface area contributed by atoms with Crippen molar-refractivity contribution in [1.29, 1.82) is 0 Å². The number of aromatic nitrogens is 3. The largest absolute Gasteiger partial charge is 0.456 e. The van der Waals surface area contributed by atoms with Gasteiger partial charge in [-0.15, -0.1) is 0 Å². The van der Waals surface area contributed by atoms with Crippen molar-refractivity contribution in [3.63, 3.8) is 0 Å². The summed E-state index contributed by atoms with van der Waals surface area (Å²) in [7, 11) is 0. The molecular weight excluding hydrogens is 703 g/mol. The molecule has 0 saturated heterocycles. The zero-order valence-corrected chi connectivity index (χ0v) is 30.3. The van der Waals surface area contributed by atoms with Gasteiger partial charge in [0.2, 0.25) is 0 Å². The van der Waals surface area contributed by atoms with Crippen LogP contribution in [0.25, 0.3) is 122 Å². The fraction of sp³-hybridized carbons (Fsp3) is 0.